The second-order valence-electron chi connectivity index (χ2n) is 3.85. The summed E-state index contributed by atoms with van der Waals surface area (Å²) in [7, 11) is 1.55. The van der Waals surface area contributed by atoms with Crippen LogP contribution in [0.4, 0.5) is 0 Å². The highest BCUT2D eigenvalue weighted by molar-refractivity contribution is 5.46. The first-order valence-corrected chi connectivity index (χ1v) is 4.63. The average molecular weight is 207 g/mol. The van der Waals surface area contributed by atoms with Crippen LogP contribution in [-0.4, -0.2) is 26.8 Å². The van der Waals surface area contributed by atoms with E-state index in [1.165, 1.54) is 0 Å². The van der Waals surface area contributed by atoms with E-state index in [1.807, 2.05) is 0 Å². The maximum atomic E-state index is 9.92. The topological polar surface area (TPSA) is 59.7 Å². The molecule has 2 aromatic heterocycles. The van der Waals surface area contributed by atoms with Crippen molar-refractivity contribution in [2.75, 3.05) is 7.11 Å². The van der Waals surface area contributed by atoms with Crippen molar-refractivity contribution >= 4 is 5.65 Å². The summed E-state index contributed by atoms with van der Waals surface area (Å²) >= 11 is 0. The molecular formula is C10H13N3O2. The van der Waals surface area contributed by atoms with E-state index in [1.54, 1.807) is 43.9 Å². The van der Waals surface area contributed by atoms with Crippen molar-refractivity contribution in [3.63, 3.8) is 0 Å². The number of ether oxygens (including phenoxy) is 1. The molecule has 2 heterocycles. The molecule has 0 saturated heterocycles. The number of hydrogen-bond donors (Lipinski definition) is 1. The van der Waals surface area contributed by atoms with Crippen molar-refractivity contribution < 1.29 is 9.84 Å². The van der Waals surface area contributed by atoms with E-state index in [9.17, 15) is 5.11 Å². The third-order valence-electron chi connectivity index (χ3n) is 2.15. The van der Waals surface area contributed by atoms with Crippen LogP contribution < -0.4 is 4.74 Å². The zero-order chi connectivity index (χ0) is 11.1. The van der Waals surface area contributed by atoms with Gasteiger partial charge in [0, 0.05) is 18.5 Å². The Morgan fingerprint density at radius 2 is 2.20 bits per heavy atom. The lowest BCUT2D eigenvalue weighted by atomic mass is 10.0. The van der Waals surface area contributed by atoms with Crippen molar-refractivity contribution in [3.05, 3.63) is 24.2 Å². The zero-order valence-electron chi connectivity index (χ0n) is 8.93. The van der Waals surface area contributed by atoms with Gasteiger partial charge < -0.3 is 9.84 Å². The molecule has 0 unspecified atom stereocenters. The Morgan fingerprint density at radius 3 is 2.80 bits per heavy atom. The number of aliphatic hydroxyl groups is 1. The molecule has 0 bridgehead atoms. The van der Waals surface area contributed by atoms with Crippen LogP contribution in [0.25, 0.3) is 5.65 Å². The van der Waals surface area contributed by atoms with E-state index in [-0.39, 0.29) is 0 Å². The third kappa shape index (κ3) is 1.66. The van der Waals surface area contributed by atoms with E-state index >= 15 is 0 Å². The molecule has 5 heteroatoms. The van der Waals surface area contributed by atoms with Gasteiger partial charge in [-0.25, -0.2) is 9.50 Å². The molecule has 0 aliphatic heterocycles. The van der Waals surface area contributed by atoms with Gasteiger partial charge in [-0.15, -0.1) is 0 Å². The number of nitrogens with zero attached hydrogens (tertiary/aromatic N) is 3. The van der Waals surface area contributed by atoms with Crippen molar-refractivity contribution in [1.82, 2.24) is 14.6 Å². The molecule has 0 spiro atoms. The number of aromatic nitrogens is 3. The standard InChI is InChI=1S/C10H13N3O2/c1-10(2,14)9-7(15-3)6-8-11-4-5-13(8)12-9/h4-6,14H,1-3H3. The average Bonchev–Trinajstić information content (AvgIpc) is 2.60. The fourth-order valence-electron chi connectivity index (χ4n) is 1.42. The Balaban J connectivity index is 2.70. The molecule has 15 heavy (non-hydrogen) atoms. The largest absolute Gasteiger partial charge is 0.495 e. The Morgan fingerprint density at radius 1 is 1.47 bits per heavy atom. The summed E-state index contributed by atoms with van der Waals surface area (Å²) in [6.45, 7) is 3.33. The molecule has 0 saturated carbocycles. The fraction of sp³-hybridized carbons (Fsp3) is 0.400. The molecule has 2 rings (SSSR count). The zero-order valence-corrected chi connectivity index (χ0v) is 8.93. The predicted molar refractivity (Wildman–Crippen MR) is 54.8 cm³/mol. The lowest BCUT2D eigenvalue weighted by Gasteiger charge is -2.19. The van der Waals surface area contributed by atoms with E-state index in [2.05, 4.69) is 10.1 Å². The minimum atomic E-state index is -1.04. The highest BCUT2D eigenvalue weighted by atomic mass is 16.5. The van der Waals surface area contributed by atoms with Gasteiger partial charge in [-0.2, -0.15) is 5.10 Å². The summed E-state index contributed by atoms with van der Waals surface area (Å²) in [5.41, 5.74) is 0.152. The SMILES string of the molecule is COc1cc2nccn2nc1C(C)(C)O. The predicted octanol–water partition coefficient (Wildman–Crippen LogP) is 0.965. The van der Waals surface area contributed by atoms with Crippen LogP contribution in [0.2, 0.25) is 0 Å². The molecule has 0 atom stereocenters. The van der Waals surface area contributed by atoms with E-state index in [4.69, 9.17) is 4.74 Å². The molecule has 5 nitrogen and oxygen atoms in total. The molecule has 0 radical (unpaired) electrons. The normalized spacial score (nSPS) is 12.0. The minimum Gasteiger partial charge on any atom is -0.495 e. The summed E-state index contributed by atoms with van der Waals surface area (Å²) in [5.74, 6) is 0.543. The van der Waals surface area contributed by atoms with Gasteiger partial charge in [0.2, 0.25) is 0 Å². The Hall–Kier alpha value is -1.62. The van der Waals surface area contributed by atoms with Gasteiger partial charge in [0.1, 0.15) is 17.0 Å². The number of fused-ring (bicyclic) bond motifs is 1. The van der Waals surface area contributed by atoms with Gasteiger partial charge in [0.25, 0.3) is 0 Å². The molecule has 0 fully saturated rings. The van der Waals surface area contributed by atoms with E-state index in [0.29, 0.717) is 17.1 Å². The summed E-state index contributed by atoms with van der Waals surface area (Å²) in [4.78, 5) is 4.09. The number of hydrogen-bond acceptors (Lipinski definition) is 4. The van der Waals surface area contributed by atoms with E-state index < -0.39 is 5.60 Å². The lowest BCUT2D eigenvalue weighted by Crippen LogP contribution is -2.20. The first-order chi connectivity index (χ1) is 7.02. The van der Waals surface area contributed by atoms with Gasteiger partial charge in [-0.05, 0) is 13.8 Å². The molecule has 0 aromatic carbocycles. The van der Waals surface area contributed by atoms with Gasteiger partial charge in [-0.3, -0.25) is 0 Å². The summed E-state index contributed by atoms with van der Waals surface area (Å²) in [6, 6.07) is 1.75. The van der Waals surface area contributed by atoms with Gasteiger partial charge in [0.15, 0.2) is 5.65 Å². The van der Waals surface area contributed by atoms with Crippen molar-refractivity contribution in [2.45, 2.75) is 19.4 Å². The Labute approximate surface area is 87.3 Å². The van der Waals surface area contributed by atoms with Gasteiger partial charge in [0.05, 0.1) is 7.11 Å². The van der Waals surface area contributed by atoms with Crippen LogP contribution in [0.15, 0.2) is 18.5 Å². The van der Waals surface area contributed by atoms with Crippen LogP contribution >= 0.6 is 0 Å². The number of methoxy groups -OCH3 is 1. The van der Waals surface area contributed by atoms with E-state index in [0.717, 1.165) is 0 Å². The van der Waals surface area contributed by atoms with Gasteiger partial charge >= 0.3 is 0 Å². The maximum absolute atomic E-state index is 9.92. The lowest BCUT2D eigenvalue weighted by molar-refractivity contribution is 0.0693. The molecule has 1 N–H and O–H groups in total. The number of rotatable bonds is 2. The highest BCUT2D eigenvalue weighted by Gasteiger charge is 2.24. The molecule has 0 aliphatic rings. The van der Waals surface area contributed by atoms with Crippen molar-refractivity contribution in [3.8, 4) is 5.75 Å². The van der Waals surface area contributed by atoms with Crippen LogP contribution in [0.3, 0.4) is 0 Å². The van der Waals surface area contributed by atoms with Crippen molar-refractivity contribution in [1.29, 1.82) is 0 Å². The third-order valence-corrected chi connectivity index (χ3v) is 2.15. The molecule has 80 valence electrons. The molecule has 2 aromatic rings. The smallest absolute Gasteiger partial charge is 0.157 e. The van der Waals surface area contributed by atoms with Crippen molar-refractivity contribution in [2.24, 2.45) is 0 Å². The van der Waals surface area contributed by atoms with Crippen LogP contribution in [0.1, 0.15) is 19.5 Å². The quantitative estimate of drug-likeness (QED) is 0.797. The first kappa shape index (κ1) is 9.92. The fourth-order valence-corrected chi connectivity index (χ4v) is 1.42. The minimum absolute atomic E-state index is 0.496. The Kier molecular flexibility index (Phi) is 2.12. The van der Waals surface area contributed by atoms with Crippen LogP contribution in [0.5, 0.6) is 5.75 Å². The second-order valence-corrected chi connectivity index (χ2v) is 3.85. The number of imidazole rings is 1. The maximum Gasteiger partial charge on any atom is 0.157 e. The molecule has 0 aliphatic carbocycles. The van der Waals surface area contributed by atoms with Crippen LogP contribution in [0, 0.1) is 0 Å². The molecule has 0 amide bonds. The second kappa shape index (κ2) is 3.20. The Bertz CT molecular complexity index is 485. The summed E-state index contributed by atoms with van der Waals surface area (Å²) in [6.07, 6.45) is 3.37. The van der Waals surface area contributed by atoms with Crippen LogP contribution in [-0.2, 0) is 5.60 Å². The molecular weight excluding hydrogens is 194 g/mol. The summed E-state index contributed by atoms with van der Waals surface area (Å²) in [5, 5.41) is 14.2. The first-order valence-electron chi connectivity index (χ1n) is 4.63. The highest BCUT2D eigenvalue weighted by Crippen LogP contribution is 2.27. The summed E-state index contributed by atoms with van der Waals surface area (Å²) < 4.78 is 6.78. The van der Waals surface area contributed by atoms with Gasteiger partial charge in [-0.1, -0.05) is 0 Å². The monoisotopic (exact) mass is 207 g/mol.